The molecule has 2 N–H and O–H groups in total. The van der Waals surface area contributed by atoms with E-state index in [1.54, 1.807) is 6.07 Å². The quantitative estimate of drug-likeness (QED) is 0.717. The highest BCUT2D eigenvalue weighted by Gasteiger charge is 2.30. The van der Waals surface area contributed by atoms with Crippen LogP contribution in [-0.4, -0.2) is 4.98 Å². The summed E-state index contributed by atoms with van der Waals surface area (Å²) in [5.74, 6) is 0. The first-order valence-corrected chi connectivity index (χ1v) is 7.79. The Bertz CT molecular complexity index is 990. The maximum atomic E-state index is 12.8. The summed E-state index contributed by atoms with van der Waals surface area (Å²) in [7, 11) is 0. The molecule has 3 aromatic rings. The highest BCUT2D eigenvalue weighted by molar-refractivity contribution is 5.83. The minimum absolute atomic E-state index is 0.138. The van der Waals surface area contributed by atoms with E-state index in [1.807, 2.05) is 26.0 Å². The van der Waals surface area contributed by atoms with Crippen molar-refractivity contribution in [1.29, 1.82) is 0 Å². The van der Waals surface area contributed by atoms with Crippen LogP contribution >= 0.6 is 0 Å². The third-order valence-electron chi connectivity index (χ3n) is 4.30. The fourth-order valence-electron chi connectivity index (χ4n) is 2.70. The molecule has 0 saturated carbocycles. The number of nitrogens with one attached hydrogen (secondary N) is 2. The topological polar surface area (TPSA) is 44.9 Å². The van der Waals surface area contributed by atoms with Gasteiger partial charge in [0.25, 0.3) is 5.56 Å². The van der Waals surface area contributed by atoms with Gasteiger partial charge in [0.2, 0.25) is 0 Å². The number of halogens is 3. The van der Waals surface area contributed by atoms with Crippen LogP contribution in [-0.2, 0) is 12.7 Å². The van der Waals surface area contributed by atoms with E-state index in [9.17, 15) is 18.0 Å². The molecule has 0 bridgehead atoms. The lowest BCUT2D eigenvalue weighted by molar-refractivity contribution is -0.137. The predicted molar refractivity (Wildman–Crippen MR) is 92.8 cm³/mol. The average Bonchev–Trinajstić information content (AvgIpc) is 2.57. The molecular formula is C19H17F3N2O. The van der Waals surface area contributed by atoms with Gasteiger partial charge in [0.1, 0.15) is 0 Å². The van der Waals surface area contributed by atoms with E-state index >= 15 is 0 Å². The van der Waals surface area contributed by atoms with Crippen LogP contribution in [0.1, 0.15) is 22.3 Å². The Balaban J connectivity index is 1.88. The second-order valence-electron chi connectivity index (χ2n) is 6.03. The number of rotatable bonds is 3. The van der Waals surface area contributed by atoms with Gasteiger partial charge < -0.3 is 10.3 Å². The Kier molecular flexibility index (Phi) is 4.29. The standard InChI is InChI=1S/C19H17F3N2O/c1-11-6-7-13-8-14(18(25)24-17(13)12(11)2)10-23-16-5-3-4-15(9-16)19(20,21)22/h3-9,23H,10H2,1-2H3,(H,24,25). The Hall–Kier alpha value is -2.76. The lowest BCUT2D eigenvalue weighted by Crippen LogP contribution is -2.16. The van der Waals surface area contributed by atoms with E-state index in [0.29, 0.717) is 11.3 Å². The summed E-state index contributed by atoms with van der Waals surface area (Å²) in [4.78, 5) is 15.1. The lowest BCUT2D eigenvalue weighted by Gasteiger charge is -2.11. The molecule has 0 saturated heterocycles. The van der Waals surface area contributed by atoms with Crippen LogP contribution in [0.4, 0.5) is 18.9 Å². The number of hydrogen-bond donors (Lipinski definition) is 2. The molecule has 0 aliphatic carbocycles. The number of alkyl halides is 3. The fraction of sp³-hybridized carbons (Fsp3) is 0.211. The molecule has 0 aliphatic heterocycles. The van der Waals surface area contributed by atoms with E-state index in [-0.39, 0.29) is 12.1 Å². The zero-order valence-corrected chi connectivity index (χ0v) is 13.8. The number of anilines is 1. The Morgan fingerprint density at radius 2 is 1.84 bits per heavy atom. The van der Waals surface area contributed by atoms with Crippen molar-refractivity contribution in [2.45, 2.75) is 26.6 Å². The number of hydrogen-bond acceptors (Lipinski definition) is 2. The van der Waals surface area contributed by atoms with Gasteiger partial charge in [-0.3, -0.25) is 4.79 Å². The summed E-state index contributed by atoms with van der Waals surface area (Å²) < 4.78 is 38.3. The van der Waals surface area contributed by atoms with E-state index in [4.69, 9.17) is 0 Å². The number of aromatic nitrogens is 1. The lowest BCUT2D eigenvalue weighted by atomic mass is 10.0. The monoisotopic (exact) mass is 346 g/mol. The Labute approximate surface area is 142 Å². The molecule has 0 aliphatic rings. The van der Waals surface area contributed by atoms with Crippen molar-refractivity contribution in [2.75, 3.05) is 5.32 Å². The number of aryl methyl sites for hydroxylation is 2. The third-order valence-corrected chi connectivity index (χ3v) is 4.30. The van der Waals surface area contributed by atoms with Crippen LogP contribution in [0.25, 0.3) is 10.9 Å². The van der Waals surface area contributed by atoms with Crippen LogP contribution in [0.2, 0.25) is 0 Å². The van der Waals surface area contributed by atoms with Crippen molar-refractivity contribution in [2.24, 2.45) is 0 Å². The smallest absolute Gasteiger partial charge is 0.381 e. The van der Waals surface area contributed by atoms with Crippen molar-refractivity contribution in [3.63, 3.8) is 0 Å². The zero-order chi connectivity index (χ0) is 18.2. The molecule has 2 aromatic carbocycles. The first-order valence-electron chi connectivity index (χ1n) is 7.79. The van der Waals surface area contributed by atoms with E-state index in [0.717, 1.165) is 34.2 Å². The molecule has 0 atom stereocenters. The molecule has 0 radical (unpaired) electrons. The number of aromatic amines is 1. The summed E-state index contributed by atoms with van der Waals surface area (Å²) in [5.41, 5.74) is 2.68. The summed E-state index contributed by atoms with van der Waals surface area (Å²) in [6.07, 6.45) is -4.40. The first kappa shape index (κ1) is 17.1. The molecule has 0 amide bonds. The number of H-pyrrole nitrogens is 1. The summed E-state index contributed by atoms with van der Waals surface area (Å²) in [6.45, 7) is 4.05. The van der Waals surface area contributed by atoms with E-state index in [1.165, 1.54) is 12.1 Å². The molecular weight excluding hydrogens is 329 g/mol. The molecule has 0 fully saturated rings. The SMILES string of the molecule is Cc1ccc2cc(CNc3cccc(C(F)(F)F)c3)c(=O)[nH]c2c1C. The van der Waals surface area contributed by atoms with Crippen LogP contribution in [0.3, 0.4) is 0 Å². The van der Waals surface area contributed by atoms with Gasteiger partial charge in [0, 0.05) is 17.8 Å². The summed E-state index contributed by atoms with van der Waals surface area (Å²) in [6, 6.07) is 10.6. The minimum atomic E-state index is -4.40. The van der Waals surface area contributed by atoms with Crippen molar-refractivity contribution >= 4 is 16.6 Å². The van der Waals surface area contributed by atoms with Gasteiger partial charge in [-0.25, -0.2) is 0 Å². The molecule has 3 rings (SSSR count). The third kappa shape index (κ3) is 3.52. The van der Waals surface area contributed by atoms with E-state index < -0.39 is 11.7 Å². The molecule has 130 valence electrons. The molecule has 1 heterocycles. The summed E-state index contributed by atoms with van der Waals surface area (Å²) in [5, 5.41) is 3.78. The fourth-order valence-corrected chi connectivity index (χ4v) is 2.70. The van der Waals surface area contributed by atoms with Crippen molar-refractivity contribution in [3.8, 4) is 0 Å². The Morgan fingerprint density at radius 3 is 2.56 bits per heavy atom. The molecule has 1 aromatic heterocycles. The van der Waals surface area contributed by atoms with Crippen LogP contribution < -0.4 is 10.9 Å². The van der Waals surface area contributed by atoms with Gasteiger partial charge in [-0.1, -0.05) is 18.2 Å². The highest BCUT2D eigenvalue weighted by Crippen LogP contribution is 2.30. The second kappa shape index (κ2) is 6.27. The van der Waals surface area contributed by atoms with Crippen LogP contribution in [0, 0.1) is 13.8 Å². The zero-order valence-electron chi connectivity index (χ0n) is 13.8. The van der Waals surface area contributed by atoms with Gasteiger partial charge in [0.15, 0.2) is 0 Å². The molecule has 25 heavy (non-hydrogen) atoms. The van der Waals surface area contributed by atoms with Crippen molar-refractivity contribution in [3.05, 3.63) is 75.1 Å². The molecule has 3 nitrogen and oxygen atoms in total. The first-order chi connectivity index (χ1) is 11.8. The largest absolute Gasteiger partial charge is 0.416 e. The average molecular weight is 346 g/mol. The predicted octanol–water partition coefficient (Wildman–Crippen LogP) is 4.78. The molecule has 0 unspecified atom stereocenters. The van der Waals surface area contributed by atoms with Crippen molar-refractivity contribution < 1.29 is 13.2 Å². The molecule has 6 heteroatoms. The maximum Gasteiger partial charge on any atom is 0.416 e. The van der Waals surface area contributed by atoms with Gasteiger partial charge in [-0.05, 0) is 54.6 Å². The van der Waals surface area contributed by atoms with Gasteiger partial charge in [-0.2, -0.15) is 13.2 Å². The van der Waals surface area contributed by atoms with Gasteiger partial charge in [0.05, 0.1) is 11.1 Å². The van der Waals surface area contributed by atoms with Crippen LogP contribution in [0.15, 0.2) is 47.3 Å². The van der Waals surface area contributed by atoms with Gasteiger partial charge >= 0.3 is 6.18 Å². The van der Waals surface area contributed by atoms with Crippen molar-refractivity contribution in [1.82, 2.24) is 4.98 Å². The highest BCUT2D eigenvalue weighted by atomic mass is 19.4. The second-order valence-corrected chi connectivity index (χ2v) is 6.03. The number of pyridine rings is 1. The number of benzene rings is 2. The summed E-state index contributed by atoms with van der Waals surface area (Å²) >= 11 is 0. The van der Waals surface area contributed by atoms with Gasteiger partial charge in [-0.15, -0.1) is 0 Å². The van der Waals surface area contributed by atoms with Crippen LogP contribution in [0.5, 0.6) is 0 Å². The normalized spacial score (nSPS) is 11.7. The number of fused-ring (bicyclic) bond motifs is 1. The minimum Gasteiger partial charge on any atom is -0.381 e. The Morgan fingerprint density at radius 1 is 1.08 bits per heavy atom. The molecule has 0 spiro atoms. The van der Waals surface area contributed by atoms with E-state index in [2.05, 4.69) is 10.3 Å². The maximum absolute atomic E-state index is 12.8.